The lowest BCUT2D eigenvalue weighted by Gasteiger charge is -2.30. The van der Waals surface area contributed by atoms with E-state index in [9.17, 15) is 0 Å². The van der Waals surface area contributed by atoms with Gasteiger partial charge < -0.3 is 21.9 Å². The summed E-state index contributed by atoms with van der Waals surface area (Å²) in [7, 11) is 0. The van der Waals surface area contributed by atoms with Crippen LogP contribution in [-0.4, -0.2) is 19.6 Å². The standard InChI is InChI=1S/C21H43N.BrH/c1-3-5-7-9-11-13-16-21-17-15-19-22(20-21)18-14-12-10-8-6-4-2;/h21H,3-20H2,1-2H3;1H. The molecule has 1 heterocycles. The summed E-state index contributed by atoms with van der Waals surface area (Å²) in [5, 5.41) is 0. The van der Waals surface area contributed by atoms with Crippen LogP contribution in [0.1, 0.15) is 110 Å². The van der Waals surface area contributed by atoms with Crippen LogP contribution in [0.5, 0.6) is 0 Å². The number of hydrogen-bond donors (Lipinski definition) is 1. The van der Waals surface area contributed by atoms with Crippen molar-refractivity contribution in [2.75, 3.05) is 19.6 Å². The van der Waals surface area contributed by atoms with Crippen LogP contribution < -0.4 is 21.9 Å². The van der Waals surface area contributed by atoms with Crippen LogP contribution in [0.3, 0.4) is 0 Å². The molecular formula is C21H44BrN. The first-order chi connectivity index (χ1) is 10.9. The van der Waals surface area contributed by atoms with E-state index in [2.05, 4.69) is 13.8 Å². The van der Waals surface area contributed by atoms with E-state index in [0.29, 0.717) is 0 Å². The second kappa shape index (κ2) is 17.3. The maximum atomic E-state index is 2.31. The molecule has 0 saturated carbocycles. The van der Waals surface area contributed by atoms with Crippen LogP contribution in [0.2, 0.25) is 0 Å². The second-order valence-corrected chi connectivity index (χ2v) is 7.79. The quantitative estimate of drug-likeness (QED) is 0.435. The van der Waals surface area contributed by atoms with Crippen molar-refractivity contribution in [1.29, 1.82) is 0 Å². The molecule has 0 radical (unpaired) electrons. The Morgan fingerprint density at radius 2 is 1.30 bits per heavy atom. The van der Waals surface area contributed by atoms with E-state index in [1.165, 1.54) is 116 Å². The van der Waals surface area contributed by atoms with E-state index in [4.69, 9.17) is 0 Å². The molecule has 1 fully saturated rings. The van der Waals surface area contributed by atoms with Crippen molar-refractivity contribution in [1.82, 2.24) is 0 Å². The molecule has 0 aliphatic carbocycles. The van der Waals surface area contributed by atoms with Crippen LogP contribution in [-0.2, 0) is 0 Å². The molecule has 1 aliphatic heterocycles. The van der Waals surface area contributed by atoms with Crippen LogP contribution in [0.15, 0.2) is 0 Å². The molecule has 0 amide bonds. The molecular weight excluding hydrogens is 346 g/mol. The Hall–Kier alpha value is 0.440. The van der Waals surface area contributed by atoms with Gasteiger partial charge >= 0.3 is 0 Å². The summed E-state index contributed by atoms with van der Waals surface area (Å²) >= 11 is 0. The fourth-order valence-electron chi connectivity index (χ4n) is 4.10. The Kier molecular flexibility index (Phi) is 17.6. The van der Waals surface area contributed by atoms with Gasteiger partial charge in [0.05, 0.1) is 19.6 Å². The number of likely N-dealkylation sites (tertiary alicyclic amines) is 1. The molecule has 0 aromatic rings. The van der Waals surface area contributed by atoms with Crippen molar-refractivity contribution < 1.29 is 21.9 Å². The minimum absolute atomic E-state index is 0. The van der Waals surface area contributed by atoms with Crippen LogP contribution in [0.4, 0.5) is 0 Å². The van der Waals surface area contributed by atoms with Crippen molar-refractivity contribution in [3.8, 4) is 0 Å². The first kappa shape index (κ1) is 23.4. The third kappa shape index (κ3) is 13.4. The molecule has 1 N–H and O–H groups in total. The summed E-state index contributed by atoms with van der Waals surface area (Å²) in [5.74, 6) is 1.05. The SMILES string of the molecule is CCCCCCCCC1CCC[NH+](CCCCCCCC)C1.[Br-]. The lowest BCUT2D eigenvalue weighted by atomic mass is 9.92. The number of unbranched alkanes of at least 4 members (excludes halogenated alkanes) is 10. The van der Waals surface area contributed by atoms with Crippen LogP contribution >= 0.6 is 0 Å². The molecule has 1 nitrogen and oxygen atoms in total. The fraction of sp³-hybridized carbons (Fsp3) is 1.00. The Bertz CT molecular complexity index is 210. The number of piperidine rings is 1. The van der Waals surface area contributed by atoms with Gasteiger partial charge in [-0.3, -0.25) is 0 Å². The van der Waals surface area contributed by atoms with Crippen molar-refractivity contribution in [3.63, 3.8) is 0 Å². The summed E-state index contributed by atoms with van der Waals surface area (Å²) in [5.41, 5.74) is 0. The summed E-state index contributed by atoms with van der Waals surface area (Å²) in [6.07, 6.45) is 22.0. The fourth-order valence-corrected chi connectivity index (χ4v) is 4.10. The van der Waals surface area contributed by atoms with Crippen molar-refractivity contribution in [2.24, 2.45) is 5.92 Å². The Balaban J connectivity index is 0.00000484. The predicted molar refractivity (Wildman–Crippen MR) is 99.7 cm³/mol. The summed E-state index contributed by atoms with van der Waals surface area (Å²) in [6, 6.07) is 0. The van der Waals surface area contributed by atoms with Gasteiger partial charge in [0.25, 0.3) is 0 Å². The van der Waals surface area contributed by atoms with E-state index in [1.807, 2.05) is 4.90 Å². The summed E-state index contributed by atoms with van der Waals surface area (Å²) in [4.78, 5) is 1.93. The van der Waals surface area contributed by atoms with Gasteiger partial charge in [-0.25, -0.2) is 0 Å². The Morgan fingerprint density at radius 3 is 1.96 bits per heavy atom. The van der Waals surface area contributed by atoms with Gasteiger partial charge in [0.15, 0.2) is 0 Å². The minimum atomic E-state index is 0. The highest BCUT2D eigenvalue weighted by molar-refractivity contribution is 4.62. The molecule has 0 bridgehead atoms. The minimum Gasteiger partial charge on any atom is -1.00 e. The van der Waals surface area contributed by atoms with Gasteiger partial charge in [0, 0.05) is 5.92 Å². The average Bonchev–Trinajstić information content (AvgIpc) is 2.54. The zero-order valence-electron chi connectivity index (χ0n) is 16.2. The van der Waals surface area contributed by atoms with E-state index < -0.39 is 0 Å². The molecule has 2 unspecified atom stereocenters. The third-order valence-electron chi connectivity index (χ3n) is 5.57. The highest BCUT2D eigenvalue weighted by atomic mass is 79.9. The first-order valence-electron chi connectivity index (χ1n) is 10.7. The van der Waals surface area contributed by atoms with Gasteiger partial charge in [-0.1, -0.05) is 78.1 Å². The number of hydrogen-bond acceptors (Lipinski definition) is 0. The highest BCUT2D eigenvalue weighted by Crippen LogP contribution is 2.17. The average molecular weight is 390 g/mol. The van der Waals surface area contributed by atoms with Gasteiger partial charge in [-0.05, 0) is 32.1 Å². The highest BCUT2D eigenvalue weighted by Gasteiger charge is 2.21. The monoisotopic (exact) mass is 389 g/mol. The molecule has 1 saturated heterocycles. The Morgan fingerprint density at radius 1 is 0.739 bits per heavy atom. The molecule has 0 aromatic heterocycles. The summed E-state index contributed by atoms with van der Waals surface area (Å²) < 4.78 is 0. The molecule has 1 aliphatic rings. The first-order valence-corrected chi connectivity index (χ1v) is 10.7. The topological polar surface area (TPSA) is 4.44 Å². The molecule has 1 rings (SSSR count). The second-order valence-electron chi connectivity index (χ2n) is 7.79. The van der Waals surface area contributed by atoms with Crippen LogP contribution in [0.25, 0.3) is 0 Å². The van der Waals surface area contributed by atoms with Gasteiger partial charge in [-0.15, -0.1) is 0 Å². The maximum Gasteiger partial charge on any atom is 0.0799 e. The largest absolute Gasteiger partial charge is 1.00 e. The lowest BCUT2D eigenvalue weighted by molar-refractivity contribution is -0.909. The predicted octanol–water partition coefficient (Wildman–Crippen LogP) is 2.40. The van der Waals surface area contributed by atoms with Crippen molar-refractivity contribution in [3.05, 3.63) is 0 Å². The number of nitrogens with one attached hydrogen (secondary N) is 1. The molecule has 0 aromatic carbocycles. The van der Waals surface area contributed by atoms with E-state index >= 15 is 0 Å². The van der Waals surface area contributed by atoms with Crippen molar-refractivity contribution in [2.45, 2.75) is 110 Å². The number of halogens is 1. The van der Waals surface area contributed by atoms with Gasteiger partial charge in [-0.2, -0.15) is 0 Å². The van der Waals surface area contributed by atoms with E-state index in [-0.39, 0.29) is 17.0 Å². The van der Waals surface area contributed by atoms with Gasteiger partial charge in [0.1, 0.15) is 0 Å². The third-order valence-corrected chi connectivity index (χ3v) is 5.57. The zero-order chi connectivity index (χ0) is 15.9. The molecule has 0 spiro atoms. The van der Waals surface area contributed by atoms with E-state index in [1.54, 1.807) is 0 Å². The normalized spacial score (nSPS) is 21.1. The smallest absolute Gasteiger partial charge is 0.0799 e. The summed E-state index contributed by atoms with van der Waals surface area (Å²) in [6.45, 7) is 9.02. The number of rotatable bonds is 14. The number of quaternary nitrogens is 1. The molecule has 2 atom stereocenters. The van der Waals surface area contributed by atoms with E-state index in [0.717, 1.165) is 5.92 Å². The van der Waals surface area contributed by atoms with Crippen LogP contribution in [0, 0.1) is 5.92 Å². The lowest BCUT2D eigenvalue weighted by Crippen LogP contribution is -3.13. The van der Waals surface area contributed by atoms with Gasteiger partial charge in [0.2, 0.25) is 0 Å². The molecule has 23 heavy (non-hydrogen) atoms. The maximum absolute atomic E-state index is 2.31. The van der Waals surface area contributed by atoms with Crippen molar-refractivity contribution >= 4 is 0 Å². The Labute approximate surface area is 157 Å². The zero-order valence-corrected chi connectivity index (χ0v) is 17.8. The molecule has 140 valence electrons. The molecule has 2 heteroatoms.